The van der Waals surface area contributed by atoms with E-state index in [-0.39, 0.29) is 24.5 Å². The summed E-state index contributed by atoms with van der Waals surface area (Å²) in [6.07, 6.45) is 2.06. The van der Waals surface area contributed by atoms with E-state index in [1.165, 1.54) is 11.3 Å². The Morgan fingerprint density at radius 2 is 2.25 bits per heavy atom. The van der Waals surface area contributed by atoms with Crippen LogP contribution in [0.5, 0.6) is 0 Å². The molecule has 1 N–H and O–H groups in total. The van der Waals surface area contributed by atoms with Gasteiger partial charge in [0.25, 0.3) is 0 Å². The van der Waals surface area contributed by atoms with Crippen molar-refractivity contribution in [2.24, 2.45) is 0 Å². The third-order valence-electron chi connectivity index (χ3n) is 3.15. The van der Waals surface area contributed by atoms with E-state index >= 15 is 0 Å². The average Bonchev–Trinajstić information content (AvgIpc) is 2.94. The first-order valence-corrected chi connectivity index (χ1v) is 10.7. The molecular weight excluding hydrogens is 320 g/mol. The number of rotatable bonds is 6. The van der Waals surface area contributed by atoms with Gasteiger partial charge < -0.3 is 0 Å². The number of nitrogens with zero attached hydrogens (tertiary/aromatic N) is 1. The molecule has 9 heteroatoms. The first-order chi connectivity index (χ1) is 9.32. The molecule has 20 heavy (non-hydrogen) atoms. The molecule has 0 aromatic carbocycles. The summed E-state index contributed by atoms with van der Waals surface area (Å²) < 4.78 is 49.2. The Labute approximate surface area is 123 Å². The fraction of sp³-hybridized carbons (Fsp3) is 0.727. The third kappa shape index (κ3) is 4.00. The zero-order valence-corrected chi connectivity index (χ0v) is 13.7. The topological polar surface area (TPSA) is 93.2 Å². The number of sulfone groups is 1. The zero-order valence-electron chi connectivity index (χ0n) is 11.2. The van der Waals surface area contributed by atoms with Gasteiger partial charge in [-0.3, -0.25) is 0 Å². The maximum Gasteiger partial charge on any atom is 0.215 e. The van der Waals surface area contributed by atoms with Gasteiger partial charge in [0.05, 0.1) is 34.0 Å². The minimum atomic E-state index is -3.60. The average molecular weight is 338 g/mol. The molecule has 1 aliphatic rings. The number of hydrogen-bond acceptors (Lipinski definition) is 6. The molecule has 114 valence electrons. The van der Waals surface area contributed by atoms with Crippen molar-refractivity contribution in [2.75, 3.05) is 11.5 Å². The molecule has 1 aliphatic heterocycles. The molecule has 0 unspecified atom stereocenters. The van der Waals surface area contributed by atoms with Crippen molar-refractivity contribution in [3.63, 3.8) is 0 Å². The lowest BCUT2D eigenvalue weighted by molar-refractivity contribution is 0.567. The van der Waals surface area contributed by atoms with Gasteiger partial charge in [0, 0.05) is 5.38 Å². The zero-order chi connectivity index (χ0) is 14.8. The van der Waals surface area contributed by atoms with Gasteiger partial charge in [0.15, 0.2) is 9.84 Å². The molecule has 1 aromatic heterocycles. The fourth-order valence-electron chi connectivity index (χ4n) is 2.06. The van der Waals surface area contributed by atoms with Crippen LogP contribution >= 0.6 is 11.3 Å². The van der Waals surface area contributed by atoms with Gasteiger partial charge in [0.1, 0.15) is 0 Å². The first-order valence-electron chi connectivity index (χ1n) is 6.44. The minimum Gasteiger partial charge on any atom is -0.245 e. The van der Waals surface area contributed by atoms with E-state index in [1.807, 2.05) is 5.38 Å². The Morgan fingerprint density at radius 1 is 1.50 bits per heavy atom. The number of aryl methyl sites for hydroxylation is 1. The van der Waals surface area contributed by atoms with Crippen molar-refractivity contribution in [1.82, 2.24) is 9.71 Å². The van der Waals surface area contributed by atoms with E-state index in [1.54, 1.807) is 0 Å². The summed E-state index contributed by atoms with van der Waals surface area (Å²) in [6, 6.07) is 0. The molecular formula is C11H18N2O4S3. The molecule has 0 saturated carbocycles. The number of thiazole rings is 1. The van der Waals surface area contributed by atoms with E-state index in [2.05, 4.69) is 16.6 Å². The van der Waals surface area contributed by atoms with Crippen LogP contribution in [0.3, 0.4) is 0 Å². The van der Waals surface area contributed by atoms with Crippen LogP contribution in [0.15, 0.2) is 5.38 Å². The van der Waals surface area contributed by atoms with Crippen molar-refractivity contribution in [3.05, 3.63) is 16.1 Å². The summed E-state index contributed by atoms with van der Waals surface area (Å²) in [6.45, 7) is 2.18. The lowest BCUT2D eigenvalue weighted by Crippen LogP contribution is -2.34. The lowest BCUT2D eigenvalue weighted by atomic mass is 10.3. The number of sulfonamides is 1. The first kappa shape index (κ1) is 15.9. The van der Waals surface area contributed by atoms with Crippen LogP contribution in [0.25, 0.3) is 0 Å². The minimum absolute atomic E-state index is 0.0457. The van der Waals surface area contributed by atoms with Gasteiger partial charge in [-0.1, -0.05) is 6.92 Å². The van der Waals surface area contributed by atoms with Crippen molar-refractivity contribution in [1.29, 1.82) is 0 Å². The highest BCUT2D eigenvalue weighted by molar-refractivity contribution is 7.95. The molecule has 1 aromatic rings. The molecule has 0 aliphatic carbocycles. The summed E-state index contributed by atoms with van der Waals surface area (Å²) in [4.78, 5) is 4.33. The second-order valence-corrected chi connectivity index (χ2v) is 10.1. The Morgan fingerprint density at radius 3 is 2.85 bits per heavy atom. The van der Waals surface area contributed by atoms with Crippen LogP contribution < -0.4 is 4.72 Å². The molecule has 2 rings (SSSR count). The molecule has 6 nitrogen and oxygen atoms in total. The second-order valence-electron chi connectivity index (χ2n) is 4.87. The van der Waals surface area contributed by atoms with E-state index in [4.69, 9.17) is 0 Å². The summed E-state index contributed by atoms with van der Waals surface area (Å²) in [5.41, 5.74) is 0.683. The largest absolute Gasteiger partial charge is 0.245 e. The van der Waals surface area contributed by atoms with Crippen LogP contribution in [0.2, 0.25) is 0 Å². The smallest absolute Gasteiger partial charge is 0.215 e. The van der Waals surface area contributed by atoms with Gasteiger partial charge in [0.2, 0.25) is 10.0 Å². The van der Waals surface area contributed by atoms with Gasteiger partial charge in [-0.15, -0.1) is 11.3 Å². The summed E-state index contributed by atoms with van der Waals surface area (Å²) in [7, 11) is -6.79. The SMILES string of the molecule is CCCc1nc(CNS(=O)(=O)[C@H]2CCS(=O)(=O)C2)cs1. The summed E-state index contributed by atoms with van der Waals surface area (Å²) in [5.74, 6) is -0.323. The second kappa shape index (κ2) is 6.08. The van der Waals surface area contributed by atoms with Crippen molar-refractivity contribution >= 4 is 31.2 Å². The van der Waals surface area contributed by atoms with Crippen LogP contribution in [-0.2, 0) is 32.8 Å². The highest BCUT2D eigenvalue weighted by Crippen LogP contribution is 2.19. The van der Waals surface area contributed by atoms with Crippen LogP contribution in [0.4, 0.5) is 0 Å². The lowest BCUT2D eigenvalue weighted by Gasteiger charge is -2.10. The van der Waals surface area contributed by atoms with Crippen LogP contribution in [0.1, 0.15) is 30.5 Å². The molecule has 0 spiro atoms. The maximum absolute atomic E-state index is 12.0. The Kier molecular flexibility index (Phi) is 4.83. The van der Waals surface area contributed by atoms with Crippen molar-refractivity contribution in [2.45, 2.75) is 38.0 Å². The van der Waals surface area contributed by atoms with Crippen LogP contribution in [0, 0.1) is 0 Å². The number of aromatic nitrogens is 1. The van der Waals surface area contributed by atoms with E-state index in [0.717, 1.165) is 17.8 Å². The molecule has 1 fully saturated rings. The van der Waals surface area contributed by atoms with Crippen molar-refractivity contribution in [3.8, 4) is 0 Å². The fourth-order valence-corrected chi connectivity index (χ4v) is 7.00. The maximum atomic E-state index is 12.0. The van der Waals surface area contributed by atoms with Crippen molar-refractivity contribution < 1.29 is 16.8 Å². The highest BCUT2D eigenvalue weighted by atomic mass is 32.2. The molecule has 1 atom stereocenters. The standard InChI is InChI=1S/C11H18N2O4S3/c1-2-3-11-13-9(7-18-11)6-12-20(16,17)10-4-5-19(14,15)8-10/h7,10,12H,2-6,8H2,1H3/t10-/m0/s1. The van der Waals surface area contributed by atoms with E-state index < -0.39 is 25.1 Å². The molecule has 2 heterocycles. The monoisotopic (exact) mass is 338 g/mol. The predicted octanol–water partition coefficient (Wildman–Crippen LogP) is 0.702. The predicted molar refractivity (Wildman–Crippen MR) is 78.9 cm³/mol. The highest BCUT2D eigenvalue weighted by Gasteiger charge is 2.36. The van der Waals surface area contributed by atoms with Gasteiger partial charge >= 0.3 is 0 Å². The summed E-state index contributed by atoms with van der Waals surface area (Å²) >= 11 is 1.51. The van der Waals surface area contributed by atoms with Gasteiger partial charge in [-0.25, -0.2) is 26.5 Å². The number of nitrogens with one attached hydrogen (secondary N) is 1. The molecule has 0 amide bonds. The molecule has 0 radical (unpaired) electrons. The van der Waals surface area contributed by atoms with E-state index in [9.17, 15) is 16.8 Å². The molecule has 1 saturated heterocycles. The Hall–Kier alpha value is -0.510. The van der Waals surface area contributed by atoms with Crippen LogP contribution in [-0.4, -0.2) is 38.6 Å². The quantitative estimate of drug-likeness (QED) is 0.824. The normalized spacial score (nSPS) is 22.1. The van der Waals surface area contributed by atoms with E-state index in [0.29, 0.717) is 5.69 Å². The Balaban J connectivity index is 1.95. The van der Waals surface area contributed by atoms with Gasteiger partial charge in [-0.2, -0.15) is 0 Å². The van der Waals surface area contributed by atoms with Gasteiger partial charge in [-0.05, 0) is 19.3 Å². The molecule has 0 bridgehead atoms. The summed E-state index contributed by atoms with van der Waals surface area (Å²) in [5, 5.41) is 1.99. The number of hydrogen-bond donors (Lipinski definition) is 1. The Bertz CT molecular complexity index is 664. The third-order valence-corrected chi connectivity index (χ3v) is 7.91.